The van der Waals surface area contributed by atoms with Crippen molar-refractivity contribution in [2.24, 2.45) is 0 Å². The second kappa shape index (κ2) is 7.09. The van der Waals surface area contributed by atoms with Crippen LogP contribution in [0.5, 0.6) is 0 Å². The summed E-state index contributed by atoms with van der Waals surface area (Å²) in [7, 11) is 0. The van der Waals surface area contributed by atoms with Crippen LogP contribution < -0.4 is 63.9 Å². The van der Waals surface area contributed by atoms with Crippen LogP contribution in [0.1, 0.15) is 5.69 Å². The van der Waals surface area contributed by atoms with E-state index in [1.165, 1.54) is 0 Å². The first-order valence-corrected chi connectivity index (χ1v) is 2.31. The molecule has 2 nitrogen and oxygen atoms in total. The van der Waals surface area contributed by atoms with Crippen molar-refractivity contribution < 1.29 is 78.6 Å². The van der Waals surface area contributed by atoms with E-state index in [1.807, 2.05) is 6.92 Å². The molecule has 0 spiro atoms. The van der Waals surface area contributed by atoms with Crippen molar-refractivity contribution in [2.45, 2.75) is 6.92 Å². The average molecular weight is 378 g/mol. The molecule has 2 N–H and O–H groups in total. The fourth-order valence-corrected chi connectivity index (χ4v) is 0.395. The smallest absolute Gasteiger partial charge is 0.497 e. The van der Waals surface area contributed by atoms with Crippen molar-refractivity contribution in [3.63, 3.8) is 0 Å². The Morgan fingerprint density at radius 1 is 1.60 bits per heavy atom. The summed E-state index contributed by atoms with van der Waals surface area (Å²) in [6, 6.07) is 4.49. The molecule has 10 heavy (non-hydrogen) atoms. The molecule has 1 radical (unpaired) electrons. The van der Waals surface area contributed by atoms with Gasteiger partial charge in [-0.1, -0.05) is 6.92 Å². The van der Waals surface area contributed by atoms with Gasteiger partial charge in [0, 0.05) is 20.4 Å². The van der Waals surface area contributed by atoms with Crippen molar-refractivity contribution in [3.8, 4) is 0 Å². The number of anilines is 1. The van der Waals surface area contributed by atoms with E-state index in [-0.39, 0.29) is 78.6 Å². The maximum Gasteiger partial charge on any atom is 1.00 e. The number of hydrogen-bond acceptors (Lipinski definition) is 2. The molecule has 0 aromatic carbocycles. The molecule has 0 saturated carbocycles. The van der Waals surface area contributed by atoms with E-state index in [0.29, 0.717) is 5.69 Å². The monoisotopic (exact) mass is 378 g/mol. The van der Waals surface area contributed by atoms with Gasteiger partial charge in [0.15, 0.2) is 0 Å². The Labute approximate surface area is 123 Å². The number of hydrogen-bond donors (Lipinski definition) is 1. The number of nitrogen functional groups attached to an aromatic ring is 1. The number of nitrogens with two attached hydrogens (primary N) is 1. The quantitative estimate of drug-likeness (QED) is 0.511. The Hall–Kier alpha value is 1.42. The maximum absolute atomic E-state index is 5.28. The molecule has 1 aromatic rings. The van der Waals surface area contributed by atoms with E-state index < -0.39 is 0 Å². The fourth-order valence-electron chi connectivity index (χ4n) is 0.395. The Bertz CT molecular complexity index is 155. The fraction of sp³-hybridized carbons (Fsp3) is 0.167. The van der Waals surface area contributed by atoms with Crippen molar-refractivity contribution in [3.05, 3.63) is 24.0 Å². The topological polar surface area (TPSA) is 38.9 Å². The number of rotatable bonds is 0. The Kier molecular flexibility index (Phi) is 9.90. The molecular formula is C6H6N2RbRe-. The maximum atomic E-state index is 5.28. The van der Waals surface area contributed by atoms with Gasteiger partial charge in [-0.2, -0.15) is 11.9 Å². The van der Waals surface area contributed by atoms with Gasteiger partial charge in [0.2, 0.25) is 0 Å². The van der Waals surface area contributed by atoms with Crippen molar-refractivity contribution >= 4 is 5.69 Å². The third-order valence-electron chi connectivity index (χ3n) is 0.789. The molecule has 0 fully saturated rings. The van der Waals surface area contributed by atoms with Crippen LogP contribution in [0.15, 0.2) is 6.07 Å². The molecular weight excluding hydrogens is 372 g/mol. The van der Waals surface area contributed by atoms with Crippen molar-refractivity contribution in [1.82, 2.24) is 4.98 Å². The Balaban J connectivity index is 0. The molecule has 0 saturated heterocycles. The molecule has 49 valence electrons. The molecule has 0 aliphatic heterocycles. The Morgan fingerprint density at radius 3 is 2.50 bits per heavy atom. The second-order valence-corrected chi connectivity index (χ2v) is 1.55. The molecule has 1 heterocycles. The van der Waals surface area contributed by atoms with E-state index in [9.17, 15) is 0 Å². The van der Waals surface area contributed by atoms with E-state index in [2.05, 4.69) is 17.2 Å². The predicted octanol–water partition coefficient (Wildman–Crippen LogP) is -2.43. The zero-order valence-electron chi connectivity index (χ0n) is 5.98. The number of nitrogens with zero attached hydrogens (tertiary/aromatic N) is 1. The summed E-state index contributed by atoms with van der Waals surface area (Å²) >= 11 is 0. The van der Waals surface area contributed by atoms with Crippen LogP contribution in [0.3, 0.4) is 0 Å². The van der Waals surface area contributed by atoms with Crippen LogP contribution in [-0.2, 0) is 20.4 Å². The molecule has 0 amide bonds. The zero-order chi connectivity index (χ0) is 5.98. The molecule has 4 heteroatoms. The normalized spacial score (nSPS) is 7.30. The van der Waals surface area contributed by atoms with Crippen LogP contribution in [0.2, 0.25) is 0 Å². The number of pyridine rings is 1. The van der Waals surface area contributed by atoms with Crippen LogP contribution >= 0.6 is 0 Å². The van der Waals surface area contributed by atoms with Gasteiger partial charge in [-0.3, -0.25) is 0 Å². The minimum Gasteiger partial charge on any atom is -0.497 e. The van der Waals surface area contributed by atoms with Gasteiger partial charge in [0.1, 0.15) is 0 Å². The molecule has 0 atom stereocenters. The number of aryl methyl sites for hydroxylation is 1. The van der Waals surface area contributed by atoms with Gasteiger partial charge >= 0.3 is 58.2 Å². The SMILES string of the molecule is Cc1[c-]cc(N)[c-]n1.[Rb+].[Re]. The zero-order valence-corrected chi connectivity index (χ0v) is 13.6. The van der Waals surface area contributed by atoms with E-state index in [0.717, 1.165) is 5.69 Å². The standard InChI is InChI=1S/C6H6N2.Rb.Re/c1-5-2-3-6(7)4-8-5;;/h3H,7H2,1H3;;/q-2;+1;. The summed E-state index contributed by atoms with van der Waals surface area (Å²) in [5, 5.41) is 0. The Morgan fingerprint density at radius 2 is 2.20 bits per heavy atom. The summed E-state index contributed by atoms with van der Waals surface area (Å²) < 4.78 is 0. The summed E-state index contributed by atoms with van der Waals surface area (Å²) in [4.78, 5) is 3.77. The van der Waals surface area contributed by atoms with Gasteiger partial charge in [-0.25, -0.2) is 5.69 Å². The van der Waals surface area contributed by atoms with Gasteiger partial charge in [-0.05, 0) is 0 Å². The van der Waals surface area contributed by atoms with Crippen LogP contribution in [-0.4, -0.2) is 4.98 Å². The van der Waals surface area contributed by atoms with E-state index >= 15 is 0 Å². The first kappa shape index (κ1) is 14.0. The van der Waals surface area contributed by atoms with Gasteiger partial charge in [-0.15, -0.1) is 0 Å². The summed E-state index contributed by atoms with van der Waals surface area (Å²) in [5.74, 6) is 0. The first-order valence-electron chi connectivity index (χ1n) is 2.31. The van der Waals surface area contributed by atoms with Crippen LogP contribution in [0.25, 0.3) is 0 Å². The summed E-state index contributed by atoms with van der Waals surface area (Å²) in [5.41, 5.74) is 6.63. The minimum atomic E-state index is 0. The summed E-state index contributed by atoms with van der Waals surface area (Å²) in [6.45, 7) is 1.84. The molecule has 0 bridgehead atoms. The van der Waals surface area contributed by atoms with Gasteiger partial charge < -0.3 is 22.9 Å². The van der Waals surface area contributed by atoms with E-state index in [1.54, 1.807) is 6.07 Å². The third kappa shape index (κ3) is 5.12. The third-order valence-corrected chi connectivity index (χ3v) is 0.789. The van der Waals surface area contributed by atoms with Crippen LogP contribution in [0, 0.1) is 19.2 Å². The first-order chi connectivity index (χ1) is 3.79. The minimum absolute atomic E-state index is 0. The molecule has 0 aliphatic rings. The van der Waals surface area contributed by atoms with E-state index in [4.69, 9.17) is 5.73 Å². The summed E-state index contributed by atoms with van der Waals surface area (Å²) in [6.07, 6.45) is 2.60. The average Bonchev–Trinajstić information content (AvgIpc) is 1.77. The molecule has 0 unspecified atom stereocenters. The number of aromatic nitrogens is 1. The largest absolute Gasteiger partial charge is 1.00 e. The molecule has 1 aromatic heterocycles. The van der Waals surface area contributed by atoms with Gasteiger partial charge in [0.25, 0.3) is 0 Å². The molecule has 0 aliphatic carbocycles. The second-order valence-electron chi connectivity index (χ2n) is 1.55. The van der Waals surface area contributed by atoms with Crippen LogP contribution in [0.4, 0.5) is 5.69 Å². The van der Waals surface area contributed by atoms with Gasteiger partial charge in [0.05, 0.1) is 0 Å². The molecule has 1 rings (SSSR count). The van der Waals surface area contributed by atoms with Crippen molar-refractivity contribution in [2.75, 3.05) is 5.73 Å². The van der Waals surface area contributed by atoms with Crippen molar-refractivity contribution in [1.29, 1.82) is 0 Å². The predicted molar refractivity (Wildman–Crippen MR) is 31.1 cm³/mol.